The van der Waals surface area contributed by atoms with Gasteiger partial charge in [-0.1, -0.05) is 10.2 Å². The molecule has 1 rings (SSSR count). The molecule has 0 aromatic carbocycles. The lowest BCUT2D eigenvalue weighted by molar-refractivity contribution is 0.669. The van der Waals surface area contributed by atoms with Crippen molar-refractivity contribution < 1.29 is 0 Å². The van der Waals surface area contributed by atoms with Crippen LogP contribution < -0.4 is 0 Å². The Kier molecular flexibility index (Phi) is 1.03. The Bertz CT molecular complexity index is 174. The lowest BCUT2D eigenvalue weighted by atomic mass is 11.4. The van der Waals surface area contributed by atoms with Crippen molar-refractivity contribution in [3.63, 3.8) is 0 Å². The number of rotatable bonds is 0. The van der Waals surface area contributed by atoms with Crippen LogP contribution in [0, 0.1) is 4.77 Å². The first-order valence-electron chi connectivity index (χ1n) is 1.50. The van der Waals surface area contributed by atoms with Crippen molar-refractivity contribution in [3.05, 3.63) is 4.77 Å². The molecule has 0 bridgehead atoms. The van der Waals surface area contributed by atoms with E-state index in [1.807, 2.05) is 0 Å². The molecule has 0 aliphatic rings. The third-order valence-corrected chi connectivity index (χ3v) is 0.524. The van der Waals surface area contributed by atoms with Crippen molar-refractivity contribution in [2.24, 2.45) is 0 Å². The number of H-pyrrole nitrogens is 1. The highest BCUT2D eigenvalue weighted by Gasteiger charge is 1.71. The molecular weight excluding hydrogens is 114 g/mol. The minimum Gasteiger partial charge on any atom is -0.160 e. The number of nitrogens with one attached hydrogen (secondary N) is 1. The summed E-state index contributed by atoms with van der Waals surface area (Å²) < 4.78 is 0.152. The first kappa shape index (κ1) is 4.25. The Balaban J connectivity index is 3.28. The second-order valence-corrected chi connectivity index (χ2v) is 1.15. The van der Waals surface area contributed by atoms with Crippen LogP contribution in [0.1, 0.15) is 0 Å². The molecule has 0 atom stereocenters. The molecule has 0 saturated heterocycles. The largest absolute Gasteiger partial charge is 0.263 e. The maximum Gasteiger partial charge on any atom is 0.263 e. The Morgan fingerprint density at radius 1 is 1.29 bits per heavy atom. The molecule has 5 nitrogen and oxygen atoms in total. The molecule has 7 heavy (non-hydrogen) atoms. The quantitative estimate of drug-likeness (QED) is 0.454. The van der Waals surface area contributed by atoms with E-state index in [0.29, 0.717) is 0 Å². The van der Waals surface area contributed by atoms with E-state index in [0.717, 1.165) is 0 Å². The SMILES string of the molecule is S=c1nn[nH]nn1. The molecule has 1 heterocycles. The van der Waals surface area contributed by atoms with Gasteiger partial charge >= 0.3 is 0 Å². The van der Waals surface area contributed by atoms with E-state index in [2.05, 4.69) is 38.1 Å². The third-order valence-electron chi connectivity index (χ3n) is 0.361. The Hall–Kier alpha value is -0.910. The van der Waals surface area contributed by atoms with Crippen molar-refractivity contribution in [3.8, 4) is 0 Å². The fourth-order valence-corrected chi connectivity index (χ4v) is 0.252. The second kappa shape index (κ2) is 1.69. The monoisotopic (exact) mass is 115 g/mol. The lowest BCUT2D eigenvalue weighted by Gasteiger charge is -1.71. The number of nitrogens with zero attached hydrogens (tertiary/aromatic N) is 4. The van der Waals surface area contributed by atoms with Crippen LogP contribution in [0.25, 0.3) is 0 Å². The number of hydrogen-bond acceptors (Lipinski definition) is 5. The highest BCUT2D eigenvalue weighted by Crippen LogP contribution is 1.59. The highest BCUT2D eigenvalue weighted by atomic mass is 32.1. The maximum atomic E-state index is 4.44. The molecule has 1 aromatic heterocycles. The third kappa shape index (κ3) is 0.967. The topological polar surface area (TPSA) is 67.3 Å². The molecule has 0 aliphatic heterocycles. The Morgan fingerprint density at radius 3 is 2.14 bits per heavy atom. The van der Waals surface area contributed by atoms with Crippen molar-refractivity contribution in [2.45, 2.75) is 0 Å². The summed E-state index contributed by atoms with van der Waals surface area (Å²) in [5, 5.41) is 15.2. The van der Waals surface area contributed by atoms with Crippen LogP contribution in [-0.2, 0) is 0 Å². The first-order valence-corrected chi connectivity index (χ1v) is 1.91. The standard InChI is InChI=1S/CHN5S/c7-1-2-4-6-5-3-1/h(H,2,3,6,7). The molecule has 6 heteroatoms. The van der Waals surface area contributed by atoms with Gasteiger partial charge in [-0.3, -0.25) is 0 Å². The van der Waals surface area contributed by atoms with Crippen LogP contribution in [0.3, 0.4) is 0 Å². The van der Waals surface area contributed by atoms with Crippen molar-refractivity contribution in [1.82, 2.24) is 25.8 Å². The average molecular weight is 115 g/mol. The molecule has 36 valence electrons. The van der Waals surface area contributed by atoms with Gasteiger partial charge in [0.1, 0.15) is 0 Å². The highest BCUT2D eigenvalue weighted by molar-refractivity contribution is 7.71. The van der Waals surface area contributed by atoms with E-state index >= 15 is 0 Å². The van der Waals surface area contributed by atoms with Crippen LogP contribution >= 0.6 is 12.2 Å². The predicted molar refractivity (Wildman–Crippen MR) is 22.8 cm³/mol. The fourth-order valence-electron chi connectivity index (χ4n) is 0.170. The van der Waals surface area contributed by atoms with Gasteiger partial charge in [0.15, 0.2) is 0 Å². The summed E-state index contributed by atoms with van der Waals surface area (Å²) in [5.74, 6) is 0. The summed E-state index contributed by atoms with van der Waals surface area (Å²) in [6, 6.07) is 0. The van der Waals surface area contributed by atoms with Gasteiger partial charge in [-0.05, 0) is 22.6 Å². The molecule has 0 unspecified atom stereocenters. The number of aromatic amines is 1. The van der Waals surface area contributed by atoms with Crippen molar-refractivity contribution in [1.29, 1.82) is 0 Å². The second-order valence-electron chi connectivity index (χ2n) is 0.783. The van der Waals surface area contributed by atoms with Gasteiger partial charge in [-0.15, -0.1) is 0 Å². The number of aromatic nitrogens is 5. The number of hydrogen-bond donors (Lipinski definition) is 1. The van der Waals surface area contributed by atoms with Crippen LogP contribution in [0.5, 0.6) is 0 Å². The van der Waals surface area contributed by atoms with E-state index in [4.69, 9.17) is 0 Å². The average Bonchev–Trinajstić information content (AvgIpc) is 1.69. The summed E-state index contributed by atoms with van der Waals surface area (Å²) in [5.41, 5.74) is 0. The molecule has 0 radical (unpaired) electrons. The summed E-state index contributed by atoms with van der Waals surface area (Å²) in [4.78, 5) is 0. The zero-order valence-electron chi connectivity index (χ0n) is 3.20. The minimum atomic E-state index is 0.152. The van der Waals surface area contributed by atoms with Crippen LogP contribution in [0.4, 0.5) is 0 Å². The van der Waals surface area contributed by atoms with Crippen molar-refractivity contribution in [2.75, 3.05) is 0 Å². The van der Waals surface area contributed by atoms with Gasteiger partial charge in [0.2, 0.25) is 0 Å². The zero-order valence-corrected chi connectivity index (χ0v) is 4.01. The molecule has 0 amide bonds. The lowest BCUT2D eigenvalue weighted by Crippen LogP contribution is -1.92. The molecule has 1 N–H and O–H groups in total. The van der Waals surface area contributed by atoms with Gasteiger partial charge in [0, 0.05) is 0 Å². The van der Waals surface area contributed by atoms with E-state index in [9.17, 15) is 0 Å². The molecule has 0 fully saturated rings. The summed E-state index contributed by atoms with van der Waals surface area (Å²) in [6.07, 6.45) is 0. The molecule has 0 spiro atoms. The van der Waals surface area contributed by atoms with Crippen LogP contribution in [0.2, 0.25) is 0 Å². The van der Waals surface area contributed by atoms with Gasteiger partial charge in [0.25, 0.3) is 4.77 Å². The zero-order chi connectivity index (χ0) is 5.11. The maximum absolute atomic E-state index is 4.44. The first-order chi connectivity index (χ1) is 3.39. The Morgan fingerprint density at radius 2 is 1.86 bits per heavy atom. The van der Waals surface area contributed by atoms with Gasteiger partial charge in [-0.25, -0.2) is 0 Å². The van der Waals surface area contributed by atoms with E-state index in [1.165, 1.54) is 0 Å². The molecule has 1 aromatic rings. The van der Waals surface area contributed by atoms with Gasteiger partial charge in [0.05, 0.1) is 0 Å². The van der Waals surface area contributed by atoms with Crippen LogP contribution in [0.15, 0.2) is 0 Å². The molecule has 0 saturated carbocycles. The summed E-state index contributed by atoms with van der Waals surface area (Å²) >= 11 is 4.44. The van der Waals surface area contributed by atoms with E-state index < -0.39 is 0 Å². The molecular formula is CHN5S. The van der Waals surface area contributed by atoms with Crippen molar-refractivity contribution >= 4 is 12.2 Å². The van der Waals surface area contributed by atoms with E-state index in [1.54, 1.807) is 0 Å². The predicted octanol–water partition coefficient (Wildman–Crippen LogP) is -0.676. The fraction of sp³-hybridized carbons (Fsp3) is 0. The van der Waals surface area contributed by atoms with Gasteiger partial charge in [-0.2, -0.15) is 5.21 Å². The minimum absolute atomic E-state index is 0.152. The van der Waals surface area contributed by atoms with Gasteiger partial charge < -0.3 is 0 Å². The summed E-state index contributed by atoms with van der Waals surface area (Å²) in [7, 11) is 0. The Labute approximate surface area is 43.8 Å². The van der Waals surface area contributed by atoms with E-state index in [-0.39, 0.29) is 4.77 Å². The molecule has 0 aliphatic carbocycles. The smallest absolute Gasteiger partial charge is 0.160 e. The normalized spacial score (nSPS) is 8.57. The summed E-state index contributed by atoms with van der Waals surface area (Å²) in [6.45, 7) is 0. The van der Waals surface area contributed by atoms with Crippen LogP contribution in [-0.4, -0.2) is 25.8 Å².